The first-order valence-electron chi connectivity index (χ1n) is 3.62. The highest BCUT2D eigenvalue weighted by atomic mass is 16.2. The second-order valence-corrected chi connectivity index (χ2v) is 2.54. The minimum atomic E-state index is -0.421. The summed E-state index contributed by atoms with van der Waals surface area (Å²) in [7, 11) is 0. The van der Waals surface area contributed by atoms with Crippen molar-refractivity contribution >= 4 is 17.1 Å². The number of nitrogens with zero attached hydrogens (tertiary/aromatic N) is 3. The van der Waals surface area contributed by atoms with E-state index in [4.69, 9.17) is 0 Å². The molecule has 2 heterocycles. The molecule has 0 aromatic carbocycles. The third-order valence-electron chi connectivity index (χ3n) is 1.69. The van der Waals surface area contributed by atoms with Crippen LogP contribution in [0.4, 0.5) is 0 Å². The Labute approximate surface area is 72.2 Å². The van der Waals surface area contributed by atoms with Crippen molar-refractivity contribution in [3.05, 3.63) is 23.0 Å². The van der Waals surface area contributed by atoms with Gasteiger partial charge >= 0.3 is 0 Å². The van der Waals surface area contributed by atoms with Gasteiger partial charge in [-0.15, -0.1) is 0 Å². The second kappa shape index (κ2) is 2.51. The summed E-state index contributed by atoms with van der Waals surface area (Å²) in [4.78, 5) is 32.6. The molecule has 6 heteroatoms. The van der Waals surface area contributed by atoms with Crippen molar-refractivity contribution in [3.63, 3.8) is 0 Å². The summed E-state index contributed by atoms with van der Waals surface area (Å²) in [6, 6.07) is 0. The topological polar surface area (TPSA) is 80.6 Å². The number of nitrogens with one attached hydrogen (secondary N) is 1. The van der Waals surface area contributed by atoms with E-state index in [1.807, 2.05) is 0 Å². The largest absolute Gasteiger partial charge is 0.339 e. The van der Waals surface area contributed by atoms with Crippen LogP contribution >= 0.6 is 0 Å². The Morgan fingerprint density at radius 1 is 1.54 bits per heavy atom. The molecule has 0 aliphatic carbocycles. The standard InChI is InChI=1S/C7H6N4O2/c1-4(12)11-3-10-6-5(7(11)13)8-2-9-6/h2-3H,1H3,(H,8,9). The van der Waals surface area contributed by atoms with Crippen molar-refractivity contribution in [1.29, 1.82) is 0 Å². The molecule has 0 fully saturated rings. The van der Waals surface area contributed by atoms with Crippen molar-refractivity contribution in [2.45, 2.75) is 6.92 Å². The minimum absolute atomic E-state index is 0.248. The number of carbonyl (C=O) groups excluding carboxylic acids is 1. The van der Waals surface area contributed by atoms with Gasteiger partial charge in [-0.05, 0) is 0 Å². The summed E-state index contributed by atoms with van der Waals surface area (Å²) in [6.07, 6.45) is 2.54. The number of fused-ring (bicyclic) bond motifs is 1. The number of H-pyrrole nitrogens is 1. The third kappa shape index (κ3) is 1.03. The fraction of sp³-hybridized carbons (Fsp3) is 0.143. The Morgan fingerprint density at radius 2 is 2.31 bits per heavy atom. The molecule has 0 atom stereocenters. The molecule has 0 spiro atoms. The van der Waals surface area contributed by atoms with Gasteiger partial charge < -0.3 is 4.98 Å². The normalized spacial score (nSPS) is 10.5. The van der Waals surface area contributed by atoms with Gasteiger partial charge in [0.25, 0.3) is 5.56 Å². The fourth-order valence-corrected chi connectivity index (χ4v) is 1.05. The van der Waals surface area contributed by atoms with Crippen molar-refractivity contribution in [1.82, 2.24) is 19.5 Å². The first-order valence-corrected chi connectivity index (χ1v) is 3.62. The number of hydrogen-bond acceptors (Lipinski definition) is 4. The first kappa shape index (κ1) is 7.66. The lowest BCUT2D eigenvalue weighted by Gasteiger charge is -1.96. The molecule has 0 bridgehead atoms. The highest BCUT2D eigenvalue weighted by molar-refractivity contribution is 5.79. The molecule has 2 aromatic heterocycles. The number of aromatic nitrogens is 4. The third-order valence-corrected chi connectivity index (χ3v) is 1.69. The molecule has 2 aromatic rings. The van der Waals surface area contributed by atoms with Gasteiger partial charge in [-0.3, -0.25) is 9.59 Å². The van der Waals surface area contributed by atoms with E-state index >= 15 is 0 Å². The number of carbonyl (C=O) groups is 1. The van der Waals surface area contributed by atoms with Crippen LogP contribution in [0.15, 0.2) is 17.4 Å². The van der Waals surface area contributed by atoms with E-state index in [-0.39, 0.29) is 11.4 Å². The van der Waals surface area contributed by atoms with Gasteiger partial charge in [0.2, 0.25) is 5.91 Å². The Balaban J connectivity index is 2.89. The summed E-state index contributed by atoms with van der Waals surface area (Å²) in [5.41, 5.74) is 0.148. The van der Waals surface area contributed by atoms with Crippen LogP contribution in [0.1, 0.15) is 11.7 Å². The van der Waals surface area contributed by atoms with E-state index in [2.05, 4.69) is 15.0 Å². The summed E-state index contributed by atoms with van der Waals surface area (Å²) in [6.45, 7) is 1.30. The van der Waals surface area contributed by atoms with Crippen LogP contribution in [0, 0.1) is 0 Å². The maximum atomic E-state index is 11.5. The molecule has 0 amide bonds. The Morgan fingerprint density at radius 3 is 3.00 bits per heavy atom. The molecule has 66 valence electrons. The Bertz CT molecular complexity index is 525. The fourth-order valence-electron chi connectivity index (χ4n) is 1.05. The van der Waals surface area contributed by atoms with E-state index in [0.717, 1.165) is 4.57 Å². The smallest absolute Gasteiger partial charge is 0.286 e. The Kier molecular flexibility index (Phi) is 1.48. The minimum Gasteiger partial charge on any atom is -0.339 e. The highest BCUT2D eigenvalue weighted by Gasteiger charge is 2.07. The van der Waals surface area contributed by atoms with Gasteiger partial charge in [-0.25, -0.2) is 14.5 Å². The molecule has 2 rings (SSSR count). The molecule has 1 N–H and O–H groups in total. The van der Waals surface area contributed by atoms with E-state index in [0.29, 0.717) is 5.65 Å². The van der Waals surface area contributed by atoms with E-state index in [1.165, 1.54) is 19.6 Å². The molecule has 0 aliphatic heterocycles. The van der Waals surface area contributed by atoms with Crippen LogP contribution in [0.5, 0.6) is 0 Å². The summed E-state index contributed by atoms with van der Waals surface area (Å²) in [5.74, 6) is -0.367. The van der Waals surface area contributed by atoms with Crippen LogP contribution in [0.3, 0.4) is 0 Å². The maximum absolute atomic E-state index is 11.5. The number of hydrogen-bond donors (Lipinski definition) is 1. The highest BCUT2D eigenvalue weighted by Crippen LogP contribution is 1.96. The predicted octanol–water partition coefficient (Wildman–Crippen LogP) is -0.220. The van der Waals surface area contributed by atoms with E-state index in [9.17, 15) is 9.59 Å². The number of rotatable bonds is 0. The monoisotopic (exact) mass is 178 g/mol. The molecular weight excluding hydrogens is 172 g/mol. The zero-order valence-corrected chi connectivity index (χ0v) is 6.81. The van der Waals surface area contributed by atoms with Crippen molar-refractivity contribution in [3.8, 4) is 0 Å². The van der Waals surface area contributed by atoms with E-state index < -0.39 is 5.56 Å². The van der Waals surface area contributed by atoms with Gasteiger partial charge in [0.15, 0.2) is 11.2 Å². The Hall–Kier alpha value is -1.98. The van der Waals surface area contributed by atoms with Crippen molar-refractivity contribution < 1.29 is 4.79 Å². The van der Waals surface area contributed by atoms with Crippen LogP contribution < -0.4 is 5.56 Å². The average Bonchev–Trinajstić information content (AvgIpc) is 2.52. The summed E-state index contributed by atoms with van der Waals surface area (Å²) >= 11 is 0. The zero-order chi connectivity index (χ0) is 9.42. The lowest BCUT2D eigenvalue weighted by Crippen LogP contribution is -2.24. The van der Waals surface area contributed by atoms with Crippen LogP contribution in [0.2, 0.25) is 0 Å². The van der Waals surface area contributed by atoms with Gasteiger partial charge in [0, 0.05) is 6.92 Å². The molecule has 0 unspecified atom stereocenters. The molecule has 0 saturated heterocycles. The van der Waals surface area contributed by atoms with Crippen LogP contribution in [-0.4, -0.2) is 25.4 Å². The number of imidazole rings is 1. The molecule has 13 heavy (non-hydrogen) atoms. The summed E-state index contributed by atoms with van der Waals surface area (Å²) < 4.78 is 0.931. The van der Waals surface area contributed by atoms with Crippen molar-refractivity contribution in [2.75, 3.05) is 0 Å². The van der Waals surface area contributed by atoms with Gasteiger partial charge in [-0.2, -0.15) is 0 Å². The molecule has 0 saturated carbocycles. The lowest BCUT2D eigenvalue weighted by atomic mass is 10.5. The molecule has 0 aliphatic rings. The van der Waals surface area contributed by atoms with Crippen LogP contribution in [0.25, 0.3) is 11.2 Å². The van der Waals surface area contributed by atoms with Gasteiger partial charge in [-0.1, -0.05) is 0 Å². The lowest BCUT2D eigenvalue weighted by molar-refractivity contribution is 0.0931. The second-order valence-electron chi connectivity index (χ2n) is 2.54. The first-order chi connectivity index (χ1) is 6.20. The summed E-state index contributed by atoms with van der Waals surface area (Å²) in [5, 5.41) is 0. The van der Waals surface area contributed by atoms with Crippen LogP contribution in [-0.2, 0) is 0 Å². The van der Waals surface area contributed by atoms with Gasteiger partial charge in [0.05, 0.1) is 6.33 Å². The SMILES string of the molecule is CC(=O)n1cnc2nc[nH]c2c1=O. The molecule has 0 radical (unpaired) electrons. The molecular formula is C7H6N4O2. The maximum Gasteiger partial charge on any atom is 0.286 e. The predicted molar refractivity (Wildman–Crippen MR) is 44.4 cm³/mol. The van der Waals surface area contributed by atoms with Crippen molar-refractivity contribution in [2.24, 2.45) is 0 Å². The van der Waals surface area contributed by atoms with Gasteiger partial charge in [0.1, 0.15) is 6.33 Å². The van der Waals surface area contributed by atoms with E-state index in [1.54, 1.807) is 0 Å². The quantitative estimate of drug-likeness (QED) is 0.604. The average molecular weight is 178 g/mol. The number of aromatic amines is 1. The zero-order valence-electron chi connectivity index (χ0n) is 6.81. The molecule has 6 nitrogen and oxygen atoms in total.